The number of benzene rings is 1. The van der Waals surface area contributed by atoms with Crippen molar-refractivity contribution in [3.8, 4) is 0 Å². The second-order valence-corrected chi connectivity index (χ2v) is 4.49. The Morgan fingerprint density at radius 1 is 1.00 bits per heavy atom. The third-order valence-corrected chi connectivity index (χ3v) is 2.94. The largest absolute Gasteiger partial charge is 0.224 e. The molecule has 0 N–H and O–H groups in total. The van der Waals surface area contributed by atoms with Gasteiger partial charge in [-0.15, -0.1) is 0 Å². The minimum atomic E-state index is 0.428. The van der Waals surface area contributed by atoms with Crippen molar-refractivity contribution in [1.29, 1.82) is 0 Å². The third kappa shape index (κ3) is 2.75. The highest BCUT2D eigenvalue weighted by molar-refractivity contribution is 6.32. The number of hydrogen-bond acceptors (Lipinski definition) is 1. The Morgan fingerprint density at radius 2 is 1.69 bits per heavy atom. The normalized spacial score (nSPS) is 10.4. The molecule has 2 aromatic rings. The standard InChI is InChI=1S/C13H11Cl2N/c1-9-2-4-10(5-3-9)8-11-6-7-12(14)16-13(11)15/h2-7H,8H2,1H3. The van der Waals surface area contributed by atoms with E-state index in [0.717, 1.165) is 12.0 Å². The van der Waals surface area contributed by atoms with Crippen molar-refractivity contribution in [1.82, 2.24) is 4.98 Å². The maximum atomic E-state index is 6.02. The van der Waals surface area contributed by atoms with E-state index in [-0.39, 0.29) is 0 Å². The Labute approximate surface area is 105 Å². The molecule has 82 valence electrons. The molecule has 1 nitrogen and oxygen atoms in total. The quantitative estimate of drug-likeness (QED) is 0.726. The molecular weight excluding hydrogens is 241 g/mol. The van der Waals surface area contributed by atoms with Crippen molar-refractivity contribution in [2.45, 2.75) is 13.3 Å². The van der Waals surface area contributed by atoms with Crippen molar-refractivity contribution in [3.05, 3.63) is 63.4 Å². The maximum absolute atomic E-state index is 6.02. The van der Waals surface area contributed by atoms with E-state index in [9.17, 15) is 0 Å². The van der Waals surface area contributed by atoms with Crippen LogP contribution in [0.1, 0.15) is 16.7 Å². The van der Waals surface area contributed by atoms with Crippen LogP contribution in [0.4, 0.5) is 0 Å². The van der Waals surface area contributed by atoms with E-state index in [1.54, 1.807) is 6.07 Å². The zero-order valence-corrected chi connectivity index (χ0v) is 10.4. The lowest BCUT2D eigenvalue weighted by Gasteiger charge is -2.04. The van der Waals surface area contributed by atoms with Gasteiger partial charge in [0.2, 0.25) is 0 Å². The molecule has 1 aromatic heterocycles. The van der Waals surface area contributed by atoms with Gasteiger partial charge in [-0.1, -0.05) is 59.1 Å². The van der Waals surface area contributed by atoms with Crippen molar-refractivity contribution < 1.29 is 0 Å². The summed E-state index contributed by atoms with van der Waals surface area (Å²) in [4.78, 5) is 4.02. The molecule has 0 bridgehead atoms. The van der Waals surface area contributed by atoms with E-state index >= 15 is 0 Å². The molecule has 0 saturated heterocycles. The number of nitrogens with zero attached hydrogens (tertiary/aromatic N) is 1. The van der Waals surface area contributed by atoms with Crippen LogP contribution >= 0.6 is 23.2 Å². The molecule has 0 radical (unpaired) electrons. The monoisotopic (exact) mass is 251 g/mol. The topological polar surface area (TPSA) is 12.9 Å². The van der Waals surface area contributed by atoms with Gasteiger partial charge in [0.25, 0.3) is 0 Å². The minimum absolute atomic E-state index is 0.428. The van der Waals surface area contributed by atoms with Crippen molar-refractivity contribution in [2.75, 3.05) is 0 Å². The van der Waals surface area contributed by atoms with E-state index in [2.05, 4.69) is 36.2 Å². The van der Waals surface area contributed by atoms with E-state index in [0.29, 0.717) is 10.3 Å². The van der Waals surface area contributed by atoms with Crippen LogP contribution < -0.4 is 0 Å². The van der Waals surface area contributed by atoms with Crippen LogP contribution in [0, 0.1) is 6.92 Å². The Kier molecular flexibility index (Phi) is 3.47. The summed E-state index contributed by atoms with van der Waals surface area (Å²) in [5, 5.41) is 0.908. The first-order chi connectivity index (χ1) is 7.65. The predicted molar refractivity (Wildman–Crippen MR) is 68.2 cm³/mol. The number of pyridine rings is 1. The second-order valence-electron chi connectivity index (χ2n) is 3.75. The van der Waals surface area contributed by atoms with Crippen LogP contribution in [-0.4, -0.2) is 4.98 Å². The highest BCUT2D eigenvalue weighted by atomic mass is 35.5. The summed E-state index contributed by atoms with van der Waals surface area (Å²) >= 11 is 11.8. The fraction of sp³-hybridized carbons (Fsp3) is 0.154. The molecule has 0 aliphatic heterocycles. The molecule has 0 amide bonds. The van der Waals surface area contributed by atoms with Gasteiger partial charge in [-0.2, -0.15) is 0 Å². The van der Waals surface area contributed by atoms with Crippen molar-refractivity contribution in [2.24, 2.45) is 0 Å². The molecule has 0 fully saturated rings. The number of rotatable bonds is 2. The molecule has 0 aliphatic rings. The summed E-state index contributed by atoms with van der Waals surface area (Å²) in [6.07, 6.45) is 0.781. The molecule has 16 heavy (non-hydrogen) atoms. The number of aryl methyl sites for hydroxylation is 1. The number of halogens is 2. The maximum Gasteiger partial charge on any atom is 0.134 e. The van der Waals surface area contributed by atoms with Crippen molar-refractivity contribution in [3.63, 3.8) is 0 Å². The fourth-order valence-corrected chi connectivity index (χ4v) is 1.91. The van der Waals surface area contributed by atoms with Gasteiger partial charge >= 0.3 is 0 Å². The Bertz CT molecular complexity index is 492. The predicted octanol–water partition coefficient (Wildman–Crippen LogP) is 4.29. The highest BCUT2D eigenvalue weighted by Gasteiger charge is 2.03. The van der Waals surface area contributed by atoms with Gasteiger partial charge in [-0.05, 0) is 24.1 Å². The van der Waals surface area contributed by atoms with Crippen LogP contribution in [0.5, 0.6) is 0 Å². The molecule has 0 atom stereocenters. The van der Waals surface area contributed by atoms with Crippen LogP contribution in [0.3, 0.4) is 0 Å². The van der Waals surface area contributed by atoms with Gasteiger partial charge in [0.05, 0.1) is 0 Å². The molecule has 1 heterocycles. The summed E-state index contributed by atoms with van der Waals surface area (Å²) in [5.41, 5.74) is 3.47. The van der Waals surface area contributed by atoms with E-state index in [1.165, 1.54) is 11.1 Å². The molecule has 0 spiro atoms. The van der Waals surface area contributed by atoms with E-state index in [1.807, 2.05) is 6.07 Å². The first-order valence-corrected chi connectivity index (χ1v) is 5.77. The highest BCUT2D eigenvalue weighted by Crippen LogP contribution is 2.20. The first-order valence-electron chi connectivity index (χ1n) is 5.01. The number of aromatic nitrogens is 1. The lowest BCUT2D eigenvalue weighted by atomic mass is 10.1. The molecule has 1 aromatic carbocycles. The SMILES string of the molecule is Cc1ccc(Cc2ccc(Cl)nc2Cl)cc1. The molecular formula is C13H11Cl2N. The average molecular weight is 252 g/mol. The molecule has 0 saturated carbocycles. The Hall–Kier alpha value is -1.05. The molecule has 2 rings (SSSR count). The van der Waals surface area contributed by atoms with Gasteiger partial charge < -0.3 is 0 Å². The lowest BCUT2D eigenvalue weighted by Crippen LogP contribution is -1.91. The van der Waals surface area contributed by atoms with Crippen LogP contribution in [0.25, 0.3) is 0 Å². The van der Waals surface area contributed by atoms with Crippen LogP contribution in [0.15, 0.2) is 36.4 Å². The van der Waals surface area contributed by atoms with E-state index in [4.69, 9.17) is 23.2 Å². The summed E-state index contributed by atoms with van der Waals surface area (Å²) < 4.78 is 0. The van der Waals surface area contributed by atoms with Gasteiger partial charge in [0.15, 0.2) is 0 Å². The van der Waals surface area contributed by atoms with Crippen LogP contribution in [-0.2, 0) is 6.42 Å². The third-order valence-electron chi connectivity index (χ3n) is 2.41. The lowest BCUT2D eigenvalue weighted by molar-refractivity contribution is 1.14. The Morgan fingerprint density at radius 3 is 2.31 bits per heavy atom. The molecule has 0 aliphatic carbocycles. The van der Waals surface area contributed by atoms with Gasteiger partial charge in [0, 0.05) is 6.42 Å². The minimum Gasteiger partial charge on any atom is -0.224 e. The average Bonchev–Trinajstić information content (AvgIpc) is 2.25. The second kappa shape index (κ2) is 4.86. The smallest absolute Gasteiger partial charge is 0.134 e. The van der Waals surface area contributed by atoms with E-state index < -0.39 is 0 Å². The molecule has 0 unspecified atom stereocenters. The zero-order valence-electron chi connectivity index (χ0n) is 8.87. The summed E-state index contributed by atoms with van der Waals surface area (Å²) in [7, 11) is 0. The number of hydrogen-bond donors (Lipinski definition) is 0. The zero-order chi connectivity index (χ0) is 11.5. The molecule has 3 heteroatoms. The van der Waals surface area contributed by atoms with Gasteiger partial charge in [0.1, 0.15) is 10.3 Å². The summed E-state index contributed by atoms with van der Waals surface area (Å²) in [6.45, 7) is 2.07. The summed E-state index contributed by atoms with van der Waals surface area (Å²) in [6, 6.07) is 12.0. The van der Waals surface area contributed by atoms with Crippen molar-refractivity contribution >= 4 is 23.2 Å². The summed E-state index contributed by atoms with van der Waals surface area (Å²) in [5.74, 6) is 0. The first kappa shape index (κ1) is 11.4. The fourth-order valence-electron chi connectivity index (χ4n) is 1.50. The Balaban J connectivity index is 2.23. The van der Waals surface area contributed by atoms with Gasteiger partial charge in [-0.3, -0.25) is 0 Å². The van der Waals surface area contributed by atoms with Gasteiger partial charge in [-0.25, -0.2) is 4.98 Å². The van der Waals surface area contributed by atoms with Crippen LogP contribution in [0.2, 0.25) is 10.3 Å².